The predicted octanol–water partition coefficient (Wildman–Crippen LogP) is 8.37. The third kappa shape index (κ3) is 4.93. The molecule has 0 aromatic heterocycles. The second-order valence-electron chi connectivity index (χ2n) is 14.2. The molecule has 0 N–H and O–H groups in total. The number of hydrogen-bond donors (Lipinski definition) is 0. The molecule has 4 aliphatic carbocycles. The van der Waals surface area contributed by atoms with E-state index in [9.17, 15) is 0 Å². The first-order valence-electron chi connectivity index (χ1n) is 16.5. The van der Waals surface area contributed by atoms with Crippen LogP contribution in [0.25, 0.3) is 22.3 Å². The number of ether oxygens (including phenoxy) is 4. The van der Waals surface area contributed by atoms with Crippen molar-refractivity contribution in [3.63, 3.8) is 0 Å². The molecule has 6 fully saturated rings. The van der Waals surface area contributed by atoms with Gasteiger partial charge in [-0.1, -0.05) is 72.8 Å². The van der Waals surface area contributed by atoms with E-state index in [4.69, 9.17) is 18.9 Å². The molecule has 4 heteroatoms. The minimum atomic E-state index is 0.192. The van der Waals surface area contributed by atoms with Crippen molar-refractivity contribution in [1.82, 2.24) is 0 Å². The molecule has 2 aliphatic heterocycles. The highest BCUT2D eigenvalue weighted by molar-refractivity contribution is 5.73. The number of hydrogen-bond acceptors (Lipinski definition) is 4. The molecule has 2 heterocycles. The molecule has 2 saturated heterocycles. The SMILES string of the molecule is c1ccc(-c2cc(C34CC5CC(C3)CC(c3ccc(OCC6CO6)c(-c6ccccc6)c3)(C5)C4)ccc2OCC2CO2)cc1. The Labute approximate surface area is 260 Å². The van der Waals surface area contributed by atoms with Gasteiger partial charge in [-0.3, -0.25) is 0 Å². The van der Waals surface area contributed by atoms with Crippen molar-refractivity contribution < 1.29 is 18.9 Å². The van der Waals surface area contributed by atoms with Gasteiger partial charge in [0.2, 0.25) is 0 Å². The lowest BCUT2D eigenvalue weighted by Gasteiger charge is -2.63. The summed E-state index contributed by atoms with van der Waals surface area (Å²) in [5.41, 5.74) is 8.24. The van der Waals surface area contributed by atoms with Gasteiger partial charge in [0.25, 0.3) is 0 Å². The maximum Gasteiger partial charge on any atom is 0.127 e. The lowest BCUT2D eigenvalue weighted by atomic mass is 9.41. The average molecular weight is 585 g/mol. The van der Waals surface area contributed by atoms with E-state index in [1.54, 1.807) is 0 Å². The van der Waals surface area contributed by atoms with Gasteiger partial charge in [0.1, 0.15) is 36.9 Å². The fraction of sp³-hybridized carbons (Fsp3) is 0.400. The molecule has 4 aromatic rings. The molecular formula is C40H40O4. The smallest absolute Gasteiger partial charge is 0.127 e. The van der Waals surface area contributed by atoms with Gasteiger partial charge in [-0.15, -0.1) is 0 Å². The van der Waals surface area contributed by atoms with Crippen LogP contribution in [0.5, 0.6) is 11.5 Å². The Morgan fingerprint density at radius 2 is 1.00 bits per heavy atom. The summed E-state index contributed by atoms with van der Waals surface area (Å²) >= 11 is 0. The Balaban J connectivity index is 1.10. The minimum absolute atomic E-state index is 0.192. The van der Waals surface area contributed by atoms with Crippen LogP contribution in [0.15, 0.2) is 97.1 Å². The lowest BCUT2D eigenvalue weighted by Crippen LogP contribution is -2.55. The molecule has 4 nitrogen and oxygen atoms in total. The van der Waals surface area contributed by atoms with E-state index >= 15 is 0 Å². The van der Waals surface area contributed by atoms with Crippen LogP contribution >= 0.6 is 0 Å². The van der Waals surface area contributed by atoms with Crippen LogP contribution in [0.4, 0.5) is 0 Å². The third-order valence-corrected chi connectivity index (χ3v) is 11.1. The maximum atomic E-state index is 6.34. The zero-order valence-electron chi connectivity index (χ0n) is 25.3. The quantitative estimate of drug-likeness (QED) is 0.176. The van der Waals surface area contributed by atoms with E-state index < -0.39 is 0 Å². The van der Waals surface area contributed by atoms with Crippen molar-refractivity contribution in [2.45, 2.75) is 61.6 Å². The second kappa shape index (κ2) is 10.5. The zero-order chi connectivity index (χ0) is 29.1. The Kier molecular flexibility index (Phi) is 6.39. The molecule has 2 atom stereocenters. The van der Waals surface area contributed by atoms with Crippen LogP contribution in [0.2, 0.25) is 0 Å². The average Bonchev–Trinajstić information content (AvgIpc) is 3.99. The van der Waals surface area contributed by atoms with Crippen molar-refractivity contribution in [2.24, 2.45) is 11.8 Å². The predicted molar refractivity (Wildman–Crippen MR) is 172 cm³/mol. The van der Waals surface area contributed by atoms with Gasteiger partial charge >= 0.3 is 0 Å². The Bertz CT molecular complexity index is 1520. The molecule has 0 spiro atoms. The topological polar surface area (TPSA) is 43.5 Å². The molecule has 4 bridgehead atoms. The second-order valence-corrected chi connectivity index (χ2v) is 14.2. The Hall–Kier alpha value is -3.60. The summed E-state index contributed by atoms with van der Waals surface area (Å²) < 4.78 is 23.6. The summed E-state index contributed by atoms with van der Waals surface area (Å²) in [6.45, 7) is 2.85. The lowest BCUT2D eigenvalue weighted by molar-refractivity contribution is -0.0281. The maximum absolute atomic E-state index is 6.34. The first-order chi connectivity index (χ1) is 21.6. The molecular weight excluding hydrogens is 544 g/mol. The zero-order valence-corrected chi connectivity index (χ0v) is 25.3. The van der Waals surface area contributed by atoms with Crippen molar-refractivity contribution >= 4 is 0 Å². The third-order valence-electron chi connectivity index (χ3n) is 11.1. The van der Waals surface area contributed by atoms with E-state index in [1.807, 2.05) is 0 Å². The van der Waals surface area contributed by atoms with Crippen LogP contribution in [0, 0.1) is 11.8 Å². The summed E-state index contributed by atoms with van der Waals surface area (Å²) in [6, 6.07) is 35.8. The number of epoxide rings is 2. The largest absolute Gasteiger partial charge is 0.490 e. The molecule has 44 heavy (non-hydrogen) atoms. The fourth-order valence-electron chi connectivity index (χ4n) is 9.29. The van der Waals surface area contributed by atoms with Gasteiger partial charge in [0.15, 0.2) is 0 Å². The monoisotopic (exact) mass is 584 g/mol. The highest BCUT2D eigenvalue weighted by Gasteiger charge is 2.58. The highest BCUT2D eigenvalue weighted by Crippen LogP contribution is 2.66. The van der Waals surface area contributed by atoms with E-state index in [-0.39, 0.29) is 23.0 Å². The molecule has 0 amide bonds. The summed E-state index contributed by atoms with van der Waals surface area (Å²) in [7, 11) is 0. The van der Waals surface area contributed by atoms with Crippen molar-refractivity contribution in [3.8, 4) is 33.8 Å². The molecule has 6 aliphatic rings. The summed E-state index contributed by atoms with van der Waals surface area (Å²) in [5.74, 6) is 3.47. The van der Waals surface area contributed by atoms with Crippen molar-refractivity contribution in [2.75, 3.05) is 26.4 Å². The summed E-state index contributed by atoms with van der Waals surface area (Å²) in [6.07, 6.45) is 8.25. The van der Waals surface area contributed by atoms with Crippen LogP contribution in [-0.2, 0) is 20.3 Å². The van der Waals surface area contributed by atoms with Gasteiger partial charge < -0.3 is 18.9 Å². The van der Waals surface area contributed by atoms with Gasteiger partial charge in [-0.05, 0) is 108 Å². The minimum Gasteiger partial charge on any atom is -0.490 e. The van der Waals surface area contributed by atoms with Crippen LogP contribution < -0.4 is 9.47 Å². The van der Waals surface area contributed by atoms with E-state index in [1.165, 1.54) is 71.9 Å². The highest BCUT2D eigenvalue weighted by atomic mass is 16.6. The Morgan fingerprint density at radius 3 is 1.41 bits per heavy atom. The van der Waals surface area contributed by atoms with Gasteiger partial charge in [-0.2, -0.15) is 0 Å². The fourth-order valence-corrected chi connectivity index (χ4v) is 9.29. The summed E-state index contributed by atoms with van der Waals surface area (Å²) in [4.78, 5) is 0. The van der Waals surface area contributed by atoms with Crippen molar-refractivity contribution in [3.05, 3.63) is 108 Å². The number of benzene rings is 4. The van der Waals surface area contributed by atoms with Crippen LogP contribution in [0.1, 0.15) is 49.7 Å². The Morgan fingerprint density at radius 1 is 0.568 bits per heavy atom. The number of rotatable bonds is 10. The molecule has 10 rings (SSSR count). The van der Waals surface area contributed by atoms with Gasteiger partial charge in [0, 0.05) is 11.1 Å². The summed E-state index contributed by atoms with van der Waals surface area (Å²) in [5, 5.41) is 0. The molecule has 4 aromatic carbocycles. The van der Waals surface area contributed by atoms with E-state index in [2.05, 4.69) is 97.1 Å². The molecule has 224 valence electrons. The van der Waals surface area contributed by atoms with Crippen LogP contribution in [0.3, 0.4) is 0 Å². The first-order valence-corrected chi connectivity index (χ1v) is 16.5. The normalized spacial score (nSPS) is 31.1. The molecule has 0 radical (unpaired) electrons. The molecule has 2 unspecified atom stereocenters. The standard InChI is InChI=1S/C40H40O4/c1-3-7-29(8-4-1)35-16-31(11-13-37(35)43-24-33-22-41-33)39-18-27-15-28(19-39)21-40(20-27,26-39)32-12-14-38(44-25-34-23-42-34)36(17-32)30-9-5-2-6-10-30/h1-14,16-17,27-28,33-34H,15,18-26H2. The van der Waals surface area contributed by atoms with Crippen molar-refractivity contribution in [1.29, 1.82) is 0 Å². The van der Waals surface area contributed by atoms with Gasteiger partial charge in [-0.25, -0.2) is 0 Å². The van der Waals surface area contributed by atoms with Gasteiger partial charge in [0.05, 0.1) is 13.2 Å². The van der Waals surface area contributed by atoms with E-state index in [0.29, 0.717) is 13.2 Å². The van der Waals surface area contributed by atoms with E-state index in [0.717, 1.165) is 36.5 Å². The van der Waals surface area contributed by atoms with Crippen LogP contribution in [-0.4, -0.2) is 38.6 Å². The first kappa shape index (κ1) is 26.8. The molecule has 4 saturated carbocycles.